The molecule has 0 radical (unpaired) electrons. The molecule has 2 saturated heterocycles. The van der Waals surface area contributed by atoms with Crippen molar-refractivity contribution < 1.29 is 34.1 Å². The molecule has 11 heteroatoms. The molecule has 4 atom stereocenters. The fourth-order valence-electron chi connectivity index (χ4n) is 3.48. The third kappa shape index (κ3) is 2.80. The summed E-state index contributed by atoms with van der Waals surface area (Å²) < 4.78 is 4.50. The number of nitrogens with one attached hydrogen (secondary N) is 1. The Labute approximate surface area is 162 Å². The van der Waals surface area contributed by atoms with Crippen LogP contribution in [0.3, 0.4) is 0 Å². The van der Waals surface area contributed by atoms with Crippen molar-refractivity contribution in [3.8, 4) is 0 Å². The molecule has 0 bridgehead atoms. The lowest BCUT2D eigenvalue weighted by atomic mass is 9.92. The van der Waals surface area contributed by atoms with Gasteiger partial charge in [-0.15, -0.1) is 11.8 Å². The topological polar surface area (TPSA) is 133 Å². The Balaban J connectivity index is 1.89. The highest BCUT2D eigenvalue weighted by Gasteiger charge is 2.73. The second-order valence-electron chi connectivity index (χ2n) is 6.78. The van der Waals surface area contributed by atoms with Crippen LogP contribution < -0.4 is 5.32 Å². The molecule has 0 aromatic carbocycles. The Morgan fingerprint density at radius 1 is 1.33 bits per heavy atom. The molecule has 3 rings (SSSR count). The maximum absolute atomic E-state index is 12.8. The summed E-state index contributed by atoms with van der Waals surface area (Å²) in [7, 11) is 1.22. The summed E-state index contributed by atoms with van der Waals surface area (Å²) in [6, 6.07) is 0.443. The number of aliphatic carboxylic acids is 2. The van der Waals surface area contributed by atoms with Gasteiger partial charge in [-0.3, -0.25) is 14.4 Å². The first kappa shape index (κ1) is 19.6. The number of methoxy groups -OCH3 is 1. The Morgan fingerprint density at radius 3 is 2.48 bits per heavy atom. The van der Waals surface area contributed by atoms with Crippen LogP contribution in [0.15, 0.2) is 16.8 Å². The SMILES string of the molecule is CO[C@@]1(NC(=O)C(C(=O)O)c2ccsc2)C(=O)N2C(C(=O)O)C(C)(C)S[C@@H]21. The molecule has 2 fully saturated rings. The second-order valence-corrected chi connectivity index (χ2v) is 9.30. The fourth-order valence-corrected chi connectivity index (χ4v) is 5.84. The summed E-state index contributed by atoms with van der Waals surface area (Å²) in [5.74, 6) is -5.61. The van der Waals surface area contributed by atoms with Crippen molar-refractivity contribution in [2.75, 3.05) is 7.11 Å². The van der Waals surface area contributed by atoms with Gasteiger partial charge in [-0.05, 0) is 36.2 Å². The van der Waals surface area contributed by atoms with E-state index < -0.39 is 51.6 Å². The molecule has 0 saturated carbocycles. The van der Waals surface area contributed by atoms with Gasteiger partial charge in [-0.25, -0.2) is 4.79 Å². The highest BCUT2D eigenvalue weighted by molar-refractivity contribution is 8.01. The van der Waals surface area contributed by atoms with E-state index in [1.54, 1.807) is 24.6 Å². The first-order chi connectivity index (χ1) is 12.6. The predicted octanol–water partition coefficient (Wildman–Crippen LogP) is 0.522. The molecule has 0 spiro atoms. The second kappa shape index (κ2) is 6.50. The van der Waals surface area contributed by atoms with Crippen LogP contribution in [-0.4, -0.2) is 67.9 Å². The molecule has 1 aromatic heterocycles. The van der Waals surface area contributed by atoms with Gasteiger partial charge in [-0.1, -0.05) is 0 Å². The average molecular weight is 414 g/mol. The smallest absolute Gasteiger partial charge is 0.327 e. The number of nitrogens with zero attached hydrogens (tertiary/aromatic N) is 1. The molecule has 1 aromatic rings. The number of rotatable bonds is 6. The average Bonchev–Trinajstić information content (AvgIpc) is 3.16. The van der Waals surface area contributed by atoms with Crippen molar-refractivity contribution in [3.63, 3.8) is 0 Å². The summed E-state index contributed by atoms with van der Waals surface area (Å²) in [4.78, 5) is 49.9. The number of thioether (sulfide) groups is 1. The number of ether oxygens (including phenoxy) is 1. The Morgan fingerprint density at radius 2 is 2.00 bits per heavy atom. The van der Waals surface area contributed by atoms with E-state index in [4.69, 9.17) is 4.74 Å². The lowest BCUT2D eigenvalue weighted by Gasteiger charge is -2.51. The number of carbonyl (C=O) groups is 4. The molecule has 3 N–H and O–H groups in total. The molecule has 2 aliphatic heterocycles. The van der Waals surface area contributed by atoms with E-state index in [1.807, 2.05) is 0 Å². The zero-order valence-electron chi connectivity index (χ0n) is 14.7. The van der Waals surface area contributed by atoms with Crippen molar-refractivity contribution in [2.24, 2.45) is 0 Å². The Hall–Kier alpha value is -2.11. The first-order valence-corrected chi connectivity index (χ1v) is 9.74. The summed E-state index contributed by atoms with van der Waals surface area (Å²) in [5.41, 5.74) is -1.50. The van der Waals surface area contributed by atoms with Crippen molar-refractivity contribution in [3.05, 3.63) is 22.4 Å². The Kier molecular flexibility index (Phi) is 4.73. The van der Waals surface area contributed by atoms with Crippen LogP contribution in [-0.2, 0) is 23.9 Å². The number of carboxylic acid groups (broad SMARTS) is 2. The van der Waals surface area contributed by atoms with Gasteiger partial charge in [0.1, 0.15) is 11.4 Å². The number of thiophene rings is 1. The number of hydrogen-bond donors (Lipinski definition) is 3. The van der Waals surface area contributed by atoms with E-state index in [2.05, 4.69) is 5.32 Å². The maximum Gasteiger partial charge on any atom is 0.327 e. The summed E-state index contributed by atoms with van der Waals surface area (Å²) in [6.45, 7) is 3.38. The molecule has 2 aliphatic rings. The van der Waals surface area contributed by atoms with E-state index >= 15 is 0 Å². The predicted molar refractivity (Wildman–Crippen MR) is 96.3 cm³/mol. The van der Waals surface area contributed by atoms with Crippen molar-refractivity contribution in [1.82, 2.24) is 10.2 Å². The molecular formula is C16H18N2O7S2. The van der Waals surface area contributed by atoms with E-state index in [0.29, 0.717) is 5.56 Å². The van der Waals surface area contributed by atoms with Crippen LogP contribution in [0.2, 0.25) is 0 Å². The van der Waals surface area contributed by atoms with Gasteiger partial charge in [0, 0.05) is 11.9 Å². The van der Waals surface area contributed by atoms with E-state index in [0.717, 1.165) is 4.90 Å². The third-order valence-electron chi connectivity index (χ3n) is 4.76. The number of fused-ring (bicyclic) bond motifs is 1. The van der Waals surface area contributed by atoms with Gasteiger partial charge >= 0.3 is 11.9 Å². The first-order valence-electron chi connectivity index (χ1n) is 7.92. The number of carboxylic acids is 2. The van der Waals surface area contributed by atoms with Crippen LogP contribution in [0.5, 0.6) is 0 Å². The van der Waals surface area contributed by atoms with Gasteiger partial charge < -0.3 is 25.2 Å². The molecule has 2 amide bonds. The highest BCUT2D eigenvalue weighted by Crippen LogP contribution is 2.55. The molecule has 0 aliphatic carbocycles. The van der Waals surface area contributed by atoms with E-state index in [-0.39, 0.29) is 0 Å². The molecule has 9 nitrogen and oxygen atoms in total. The fraction of sp³-hybridized carbons (Fsp3) is 0.500. The van der Waals surface area contributed by atoms with Gasteiger partial charge in [0.15, 0.2) is 5.92 Å². The maximum atomic E-state index is 12.8. The zero-order valence-corrected chi connectivity index (χ0v) is 16.3. The standard InChI is InChI=1S/C16H18N2O7S2/c1-15(2)9(12(22)23)18-13(24)16(25-3,14(18)27-15)17-10(19)8(11(20)21)7-4-5-26-6-7/h4-6,8-9,14H,1-3H3,(H,17,19)(H,20,21)(H,22,23)/t8?,9?,14-,16+/m1/s1. The highest BCUT2D eigenvalue weighted by atomic mass is 32.2. The molecule has 27 heavy (non-hydrogen) atoms. The number of hydrogen-bond acceptors (Lipinski definition) is 7. The minimum absolute atomic E-state index is 0.294. The molecule has 3 heterocycles. The minimum atomic E-state index is -1.80. The molecular weight excluding hydrogens is 396 g/mol. The lowest BCUT2D eigenvalue weighted by molar-refractivity contribution is -0.201. The quantitative estimate of drug-likeness (QED) is 0.349. The number of β-lactam (4-membered cyclic amide) rings is 1. The van der Waals surface area contributed by atoms with Gasteiger partial charge in [0.25, 0.3) is 11.6 Å². The monoisotopic (exact) mass is 414 g/mol. The van der Waals surface area contributed by atoms with Gasteiger partial charge in [0.2, 0.25) is 5.91 Å². The van der Waals surface area contributed by atoms with Crippen molar-refractivity contribution in [2.45, 2.75) is 41.7 Å². The Bertz CT molecular complexity index is 810. The molecule has 146 valence electrons. The normalized spacial score (nSPS) is 29.6. The van der Waals surface area contributed by atoms with Crippen LogP contribution in [0.1, 0.15) is 25.3 Å². The van der Waals surface area contributed by atoms with Crippen LogP contribution in [0.25, 0.3) is 0 Å². The largest absolute Gasteiger partial charge is 0.480 e. The van der Waals surface area contributed by atoms with Crippen LogP contribution >= 0.6 is 23.1 Å². The number of amides is 2. The molecule has 2 unspecified atom stereocenters. The third-order valence-corrected chi connectivity index (χ3v) is 7.07. The van der Waals surface area contributed by atoms with E-state index in [9.17, 15) is 29.4 Å². The van der Waals surface area contributed by atoms with Gasteiger partial charge in [-0.2, -0.15) is 11.3 Å². The summed E-state index contributed by atoms with van der Waals surface area (Å²) >= 11 is 2.43. The van der Waals surface area contributed by atoms with Crippen LogP contribution in [0, 0.1) is 0 Å². The van der Waals surface area contributed by atoms with Gasteiger partial charge in [0.05, 0.1) is 0 Å². The van der Waals surface area contributed by atoms with Crippen molar-refractivity contribution in [1.29, 1.82) is 0 Å². The zero-order chi connectivity index (χ0) is 20.1. The summed E-state index contributed by atoms with van der Waals surface area (Å²) in [6.07, 6.45) is 0. The number of carbonyl (C=O) groups excluding carboxylic acids is 2. The van der Waals surface area contributed by atoms with Crippen LogP contribution in [0.4, 0.5) is 0 Å². The minimum Gasteiger partial charge on any atom is -0.480 e. The lowest BCUT2D eigenvalue weighted by Crippen LogP contribution is -2.80. The van der Waals surface area contributed by atoms with Crippen molar-refractivity contribution >= 4 is 46.9 Å². The van der Waals surface area contributed by atoms with E-state index in [1.165, 1.54) is 36.3 Å². The summed E-state index contributed by atoms with van der Waals surface area (Å²) in [5, 5.41) is 23.8.